The van der Waals surface area contributed by atoms with Gasteiger partial charge in [-0.05, 0) is 25.7 Å². The van der Waals surface area contributed by atoms with Gasteiger partial charge in [0.1, 0.15) is 18.7 Å². The van der Waals surface area contributed by atoms with Gasteiger partial charge in [-0.15, -0.1) is 0 Å². The summed E-state index contributed by atoms with van der Waals surface area (Å²) in [5.41, 5.74) is 0. The number of carbonyl (C=O) groups is 6. The van der Waals surface area contributed by atoms with E-state index in [2.05, 4.69) is 21.3 Å². The van der Waals surface area contributed by atoms with Crippen molar-refractivity contribution in [3.63, 3.8) is 0 Å². The lowest BCUT2D eigenvalue weighted by molar-refractivity contribution is -0.144. The van der Waals surface area contributed by atoms with Crippen molar-refractivity contribution in [2.24, 2.45) is 0 Å². The van der Waals surface area contributed by atoms with Gasteiger partial charge in [0.05, 0.1) is 19.8 Å². The highest BCUT2D eigenvalue weighted by molar-refractivity contribution is 5.86. The maximum absolute atomic E-state index is 12.2. The minimum atomic E-state index is -1.38. The zero-order valence-electron chi connectivity index (χ0n) is 22.9. The first-order chi connectivity index (χ1) is 18.6. The summed E-state index contributed by atoms with van der Waals surface area (Å²) in [6, 6.07) is -2.69. The monoisotopic (exact) mass is 560 g/mol. The number of hydrogen-bond donors (Lipinski definition) is 6. The molecule has 0 aliphatic rings. The van der Waals surface area contributed by atoms with Crippen LogP contribution >= 0.6 is 0 Å². The Morgan fingerprint density at radius 2 is 1.15 bits per heavy atom. The van der Waals surface area contributed by atoms with Crippen LogP contribution in [-0.4, -0.2) is 97.4 Å². The van der Waals surface area contributed by atoms with Crippen molar-refractivity contribution >= 4 is 35.6 Å². The lowest BCUT2D eigenvalue weighted by Crippen LogP contribution is -2.45. The van der Waals surface area contributed by atoms with Crippen LogP contribution in [0.4, 0.5) is 0 Å². The minimum Gasteiger partial charge on any atom is -0.480 e. The van der Waals surface area contributed by atoms with Gasteiger partial charge in [0, 0.05) is 32.4 Å². The molecule has 224 valence electrons. The topological polar surface area (TPSA) is 209 Å². The maximum atomic E-state index is 12.2. The van der Waals surface area contributed by atoms with E-state index < -0.39 is 42.4 Å². The number of unbranched alkanes of at least 4 members (excludes halogenated alkanes) is 2. The quantitative estimate of drug-likeness (QED) is 0.0866. The van der Waals surface area contributed by atoms with Crippen molar-refractivity contribution in [3.05, 3.63) is 0 Å². The summed E-state index contributed by atoms with van der Waals surface area (Å²) >= 11 is 0. The number of carboxylic acids is 2. The molecule has 0 aromatic rings. The fourth-order valence-electron chi connectivity index (χ4n) is 3.22. The fourth-order valence-corrected chi connectivity index (χ4v) is 3.22. The standard InChI is InChI=1S/C25H44N4O10/c1-3-5-6-12-26-21(31)10-8-18(24(34)35)28-22(32)11-9-19(25(36)37)29-23(33)17-39-16-15-38-14-13-27-20(30)7-4-2/h18-19H,3-17H2,1-2H3,(H,26,31)(H,27,30)(H,28,32)(H,29,33)(H,34,35)(H,36,37)/t18-,19-/m0/s1. The van der Waals surface area contributed by atoms with Crippen molar-refractivity contribution in [2.45, 2.75) is 83.7 Å². The van der Waals surface area contributed by atoms with E-state index in [1.807, 2.05) is 13.8 Å². The van der Waals surface area contributed by atoms with Gasteiger partial charge >= 0.3 is 11.9 Å². The molecule has 2 atom stereocenters. The molecule has 0 aromatic carbocycles. The second kappa shape index (κ2) is 22.7. The summed E-state index contributed by atoms with van der Waals surface area (Å²) in [6.45, 7) is 4.89. The first kappa shape index (κ1) is 35.7. The maximum Gasteiger partial charge on any atom is 0.326 e. The van der Waals surface area contributed by atoms with Crippen molar-refractivity contribution in [3.8, 4) is 0 Å². The molecular weight excluding hydrogens is 516 g/mol. The SMILES string of the molecule is CCCCCNC(=O)CC[C@H](NC(=O)CC[C@H](NC(=O)COCCOCCNC(=O)CCC)C(=O)O)C(=O)O. The molecule has 39 heavy (non-hydrogen) atoms. The van der Waals surface area contributed by atoms with E-state index in [0.29, 0.717) is 19.5 Å². The molecule has 0 radical (unpaired) electrons. The highest BCUT2D eigenvalue weighted by atomic mass is 16.5. The number of nitrogens with one attached hydrogen (secondary N) is 4. The smallest absolute Gasteiger partial charge is 0.326 e. The van der Waals surface area contributed by atoms with Crippen molar-refractivity contribution in [1.82, 2.24) is 21.3 Å². The zero-order valence-corrected chi connectivity index (χ0v) is 22.9. The molecule has 4 amide bonds. The van der Waals surface area contributed by atoms with Gasteiger partial charge in [0.2, 0.25) is 23.6 Å². The van der Waals surface area contributed by atoms with Gasteiger partial charge in [0.15, 0.2) is 0 Å². The Morgan fingerprint density at radius 1 is 0.615 bits per heavy atom. The van der Waals surface area contributed by atoms with Crippen molar-refractivity contribution < 1.29 is 48.5 Å². The van der Waals surface area contributed by atoms with Crippen LogP contribution in [0.25, 0.3) is 0 Å². The Labute approximate surface area is 228 Å². The number of carboxylic acid groups (broad SMARTS) is 2. The summed E-state index contributed by atoms with van der Waals surface area (Å²) in [5, 5.41) is 28.6. The van der Waals surface area contributed by atoms with Crippen molar-refractivity contribution in [2.75, 3.05) is 39.5 Å². The Morgan fingerprint density at radius 3 is 1.74 bits per heavy atom. The number of rotatable bonds is 24. The third-order valence-corrected chi connectivity index (χ3v) is 5.34. The van der Waals surface area contributed by atoms with Gasteiger partial charge < -0.3 is 41.0 Å². The minimum absolute atomic E-state index is 0.0567. The second-order valence-electron chi connectivity index (χ2n) is 8.82. The Bertz CT molecular complexity index is 778. The van der Waals surface area contributed by atoms with E-state index in [9.17, 15) is 39.0 Å². The van der Waals surface area contributed by atoms with E-state index in [4.69, 9.17) is 9.47 Å². The molecule has 14 nitrogen and oxygen atoms in total. The molecule has 6 N–H and O–H groups in total. The van der Waals surface area contributed by atoms with E-state index in [1.165, 1.54) is 0 Å². The van der Waals surface area contributed by atoms with Crippen LogP contribution < -0.4 is 21.3 Å². The van der Waals surface area contributed by atoms with Gasteiger partial charge in [-0.2, -0.15) is 0 Å². The summed E-state index contributed by atoms with van der Waals surface area (Å²) in [7, 11) is 0. The Balaban J connectivity index is 4.27. The average Bonchev–Trinajstić information content (AvgIpc) is 2.88. The molecule has 0 rings (SSSR count). The summed E-state index contributed by atoms with van der Waals surface area (Å²) in [6.07, 6.45) is 3.17. The van der Waals surface area contributed by atoms with Crippen LogP contribution in [0.5, 0.6) is 0 Å². The van der Waals surface area contributed by atoms with Crippen LogP contribution in [0.3, 0.4) is 0 Å². The summed E-state index contributed by atoms with van der Waals surface area (Å²) in [5.74, 6) is -4.47. The first-order valence-electron chi connectivity index (χ1n) is 13.3. The Hall–Kier alpha value is -3.26. The average molecular weight is 561 g/mol. The van der Waals surface area contributed by atoms with Crippen LogP contribution in [0, 0.1) is 0 Å². The summed E-state index contributed by atoms with van der Waals surface area (Å²) < 4.78 is 10.4. The molecule has 0 fully saturated rings. The molecule has 0 unspecified atom stereocenters. The fraction of sp³-hybridized carbons (Fsp3) is 0.760. The van der Waals surface area contributed by atoms with Crippen LogP contribution in [0.2, 0.25) is 0 Å². The highest BCUT2D eigenvalue weighted by Gasteiger charge is 2.24. The molecule has 0 spiro atoms. The van der Waals surface area contributed by atoms with E-state index in [-0.39, 0.29) is 57.3 Å². The largest absolute Gasteiger partial charge is 0.480 e. The molecule has 0 bridgehead atoms. The van der Waals surface area contributed by atoms with Crippen LogP contribution in [-0.2, 0) is 38.2 Å². The highest BCUT2D eigenvalue weighted by Crippen LogP contribution is 2.03. The third kappa shape index (κ3) is 20.4. The number of carbonyl (C=O) groups excluding carboxylic acids is 4. The molecule has 0 aromatic heterocycles. The van der Waals surface area contributed by atoms with Gasteiger partial charge in [-0.1, -0.05) is 26.7 Å². The summed E-state index contributed by atoms with van der Waals surface area (Å²) in [4.78, 5) is 70.3. The number of aliphatic carboxylic acids is 2. The van der Waals surface area contributed by atoms with E-state index in [1.54, 1.807) is 0 Å². The lowest BCUT2D eigenvalue weighted by atomic mass is 10.1. The first-order valence-corrected chi connectivity index (χ1v) is 13.3. The van der Waals surface area contributed by atoms with E-state index in [0.717, 1.165) is 25.7 Å². The van der Waals surface area contributed by atoms with Gasteiger partial charge in [-0.3, -0.25) is 19.2 Å². The number of hydrogen-bond acceptors (Lipinski definition) is 8. The molecule has 0 saturated carbocycles. The van der Waals surface area contributed by atoms with Crippen LogP contribution in [0.1, 0.15) is 71.6 Å². The zero-order chi connectivity index (χ0) is 29.5. The Kier molecular flexibility index (Phi) is 20.8. The van der Waals surface area contributed by atoms with Crippen molar-refractivity contribution in [1.29, 1.82) is 0 Å². The molecule has 0 heterocycles. The predicted molar refractivity (Wildman–Crippen MR) is 140 cm³/mol. The normalized spacial score (nSPS) is 12.2. The molecule has 14 heteroatoms. The second-order valence-corrected chi connectivity index (χ2v) is 8.82. The third-order valence-electron chi connectivity index (χ3n) is 5.34. The molecular formula is C25H44N4O10. The molecule has 0 saturated heterocycles. The van der Waals surface area contributed by atoms with Crippen LogP contribution in [0.15, 0.2) is 0 Å². The predicted octanol–water partition coefficient (Wildman–Crippen LogP) is -0.0585. The van der Waals surface area contributed by atoms with Gasteiger partial charge in [0.25, 0.3) is 0 Å². The molecule has 0 aliphatic carbocycles. The van der Waals surface area contributed by atoms with Gasteiger partial charge in [-0.25, -0.2) is 9.59 Å². The molecule has 0 aliphatic heterocycles. The number of amides is 4. The number of ether oxygens (including phenoxy) is 2. The van der Waals surface area contributed by atoms with E-state index >= 15 is 0 Å². The lowest BCUT2D eigenvalue weighted by Gasteiger charge is -2.17.